The van der Waals surface area contributed by atoms with Crippen LogP contribution in [-0.2, 0) is 0 Å². The maximum absolute atomic E-state index is 3.77. The maximum Gasteiger partial charge on any atom is 0.0111 e. The fourth-order valence-corrected chi connectivity index (χ4v) is 4.25. The Balaban J connectivity index is 1.55. The van der Waals surface area contributed by atoms with Gasteiger partial charge in [0.25, 0.3) is 0 Å². The van der Waals surface area contributed by atoms with Gasteiger partial charge in [-0.15, -0.1) is 0 Å². The standard InChI is InChI=1S/C14H26N2/c1-2-16(13-5-3-4-6-13)10-11-9-12-7-8-14(11)15-12/h11-15H,2-10H2,1H3. The molecule has 92 valence electrons. The first-order valence-electron chi connectivity index (χ1n) is 7.37. The van der Waals surface area contributed by atoms with E-state index in [1.165, 1.54) is 58.0 Å². The maximum atomic E-state index is 3.77. The highest BCUT2D eigenvalue weighted by atomic mass is 15.2. The zero-order valence-corrected chi connectivity index (χ0v) is 10.6. The summed E-state index contributed by atoms with van der Waals surface area (Å²) >= 11 is 0. The average molecular weight is 222 g/mol. The first-order chi connectivity index (χ1) is 7.86. The molecule has 0 radical (unpaired) electrons. The zero-order chi connectivity index (χ0) is 11.0. The monoisotopic (exact) mass is 222 g/mol. The summed E-state index contributed by atoms with van der Waals surface area (Å²) in [4.78, 5) is 2.78. The lowest BCUT2D eigenvalue weighted by molar-refractivity contribution is 0.164. The molecular weight excluding hydrogens is 196 g/mol. The molecule has 0 spiro atoms. The van der Waals surface area contributed by atoms with Crippen LogP contribution < -0.4 is 5.32 Å². The van der Waals surface area contributed by atoms with Crippen molar-refractivity contribution >= 4 is 0 Å². The molecule has 16 heavy (non-hydrogen) atoms. The molecule has 3 fully saturated rings. The van der Waals surface area contributed by atoms with E-state index in [9.17, 15) is 0 Å². The van der Waals surface area contributed by atoms with Gasteiger partial charge in [0.2, 0.25) is 0 Å². The molecular formula is C14H26N2. The van der Waals surface area contributed by atoms with Crippen molar-refractivity contribution < 1.29 is 0 Å². The summed E-state index contributed by atoms with van der Waals surface area (Å²) in [5, 5.41) is 3.77. The van der Waals surface area contributed by atoms with E-state index in [4.69, 9.17) is 0 Å². The van der Waals surface area contributed by atoms with Gasteiger partial charge in [-0.05, 0) is 44.6 Å². The lowest BCUT2D eigenvalue weighted by atomic mass is 9.88. The Morgan fingerprint density at radius 1 is 1.12 bits per heavy atom. The van der Waals surface area contributed by atoms with Crippen molar-refractivity contribution in [2.24, 2.45) is 5.92 Å². The Bertz CT molecular complexity index is 235. The molecule has 2 bridgehead atoms. The molecule has 0 aromatic heterocycles. The van der Waals surface area contributed by atoms with Gasteiger partial charge in [-0.1, -0.05) is 19.8 Å². The minimum absolute atomic E-state index is 0.862. The lowest BCUT2D eigenvalue weighted by Gasteiger charge is -2.32. The Morgan fingerprint density at radius 3 is 2.50 bits per heavy atom. The van der Waals surface area contributed by atoms with Gasteiger partial charge < -0.3 is 10.2 Å². The smallest absolute Gasteiger partial charge is 0.0111 e. The molecule has 0 aromatic rings. The summed E-state index contributed by atoms with van der Waals surface area (Å²) in [6.07, 6.45) is 10.2. The normalized spacial score (nSPS) is 39.0. The molecule has 2 heterocycles. The Labute approximate surface area is 99.8 Å². The van der Waals surface area contributed by atoms with E-state index in [2.05, 4.69) is 17.1 Å². The van der Waals surface area contributed by atoms with Gasteiger partial charge in [0.15, 0.2) is 0 Å². The van der Waals surface area contributed by atoms with E-state index in [1.807, 2.05) is 0 Å². The third-order valence-corrected chi connectivity index (χ3v) is 5.15. The predicted octanol–water partition coefficient (Wildman–Crippen LogP) is 2.39. The van der Waals surface area contributed by atoms with Crippen LogP contribution in [0.1, 0.15) is 51.9 Å². The second kappa shape index (κ2) is 4.66. The lowest BCUT2D eigenvalue weighted by Crippen LogP contribution is -2.40. The van der Waals surface area contributed by atoms with Gasteiger partial charge in [-0.2, -0.15) is 0 Å². The van der Waals surface area contributed by atoms with E-state index >= 15 is 0 Å². The van der Waals surface area contributed by atoms with Crippen LogP contribution in [0.4, 0.5) is 0 Å². The van der Waals surface area contributed by atoms with Gasteiger partial charge in [-0.3, -0.25) is 0 Å². The second-order valence-electron chi connectivity index (χ2n) is 6.07. The number of hydrogen-bond donors (Lipinski definition) is 1. The Morgan fingerprint density at radius 2 is 1.94 bits per heavy atom. The van der Waals surface area contributed by atoms with E-state index < -0.39 is 0 Å². The molecule has 1 saturated carbocycles. The highest BCUT2D eigenvalue weighted by Gasteiger charge is 2.40. The first-order valence-corrected chi connectivity index (χ1v) is 7.37. The molecule has 2 nitrogen and oxygen atoms in total. The molecule has 0 aromatic carbocycles. The average Bonchev–Trinajstić information content (AvgIpc) is 3.01. The number of rotatable bonds is 4. The third-order valence-electron chi connectivity index (χ3n) is 5.15. The zero-order valence-electron chi connectivity index (χ0n) is 10.6. The number of nitrogens with one attached hydrogen (secondary N) is 1. The van der Waals surface area contributed by atoms with Crippen LogP contribution in [-0.4, -0.2) is 36.1 Å². The van der Waals surface area contributed by atoms with Gasteiger partial charge >= 0.3 is 0 Å². The van der Waals surface area contributed by atoms with E-state index in [-0.39, 0.29) is 0 Å². The van der Waals surface area contributed by atoms with Gasteiger partial charge in [-0.25, -0.2) is 0 Å². The minimum atomic E-state index is 0.862. The van der Waals surface area contributed by atoms with Crippen molar-refractivity contribution in [2.45, 2.75) is 70.0 Å². The van der Waals surface area contributed by atoms with Crippen LogP contribution in [0.3, 0.4) is 0 Å². The largest absolute Gasteiger partial charge is 0.311 e. The van der Waals surface area contributed by atoms with E-state index in [0.29, 0.717) is 0 Å². The van der Waals surface area contributed by atoms with Crippen molar-refractivity contribution in [3.8, 4) is 0 Å². The molecule has 2 heteroatoms. The molecule has 2 saturated heterocycles. The summed E-state index contributed by atoms with van der Waals surface area (Å²) < 4.78 is 0. The van der Waals surface area contributed by atoms with E-state index in [1.54, 1.807) is 0 Å². The molecule has 0 amide bonds. The minimum Gasteiger partial charge on any atom is -0.311 e. The van der Waals surface area contributed by atoms with Crippen LogP contribution >= 0.6 is 0 Å². The molecule has 3 rings (SSSR count). The summed E-state index contributed by atoms with van der Waals surface area (Å²) in [6.45, 7) is 4.98. The molecule has 1 aliphatic carbocycles. The van der Waals surface area contributed by atoms with Crippen LogP contribution in [0, 0.1) is 5.92 Å². The molecule has 2 aliphatic heterocycles. The highest BCUT2D eigenvalue weighted by molar-refractivity contribution is 4.98. The molecule has 3 aliphatic rings. The van der Waals surface area contributed by atoms with Crippen LogP contribution in [0.15, 0.2) is 0 Å². The quantitative estimate of drug-likeness (QED) is 0.786. The number of hydrogen-bond acceptors (Lipinski definition) is 2. The number of fused-ring (bicyclic) bond motifs is 2. The summed E-state index contributed by atoms with van der Waals surface area (Å²) in [7, 11) is 0. The van der Waals surface area contributed by atoms with Crippen molar-refractivity contribution in [2.75, 3.05) is 13.1 Å². The summed E-state index contributed by atoms with van der Waals surface area (Å²) in [5.41, 5.74) is 0. The molecule has 3 atom stereocenters. The summed E-state index contributed by atoms with van der Waals surface area (Å²) in [6, 6.07) is 2.65. The fourth-order valence-electron chi connectivity index (χ4n) is 4.25. The van der Waals surface area contributed by atoms with Gasteiger partial charge in [0.05, 0.1) is 0 Å². The van der Waals surface area contributed by atoms with Crippen LogP contribution in [0.2, 0.25) is 0 Å². The van der Waals surface area contributed by atoms with Gasteiger partial charge in [0, 0.05) is 24.7 Å². The predicted molar refractivity (Wildman–Crippen MR) is 67.6 cm³/mol. The Kier molecular flexibility index (Phi) is 3.21. The topological polar surface area (TPSA) is 15.3 Å². The van der Waals surface area contributed by atoms with Crippen molar-refractivity contribution in [1.29, 1.82) is 0 Å². The SMILES string of the molecule is CCN(CC1CC2CCC1N2)C1CCCC1. The number of nitrogens with zero attached hydrogens (tertiary/aromatic N) is 1. The Hall–Kier alpha value is -0.0800. The van der Waals surface area contributed by atoms with Crippen molar-refractivity contribution in [3.63, 3.8) is 0 Å². The molecule has 1 N–H and O–H groups in total. The third kappa shape index (κ3) is 2.02. The molecule has 3 unspecified atom stereocenters. The van der Waals surface area contributed by atoms with Crippen LogP contribution in [0.5, 0.6) is 0 Å². The second-order valence-corrected chi connectivity index (χ2v) is 6.07. The van der Waals surface area contributed by atoms with E-state index in [0.717, 1.165) is 24.0 Å². The van der Waals surface area contributed by atoms with Crippen LogP contribution in [0.25, 0.3) is 0 Å². The highest BCUT2D eigenvalue weighted by Crippen LogP contribution is 2.35. The van der Waals surface area contributed by atoms with Crippen molar-refractivity contribution in [1.82, 2.24) is 10.2 Å². The summed E-state index contributed by atoms with van der Waals surface area (Å²) in [5.74, 6) is 0.958. The van der Waals surface area contributed by atoms with Gasteiger partial charge in [0.1, 0.15) is 0 Å². The fraction of sp³-hybridized carbons (Fsp3) is 1.00. The van der Waals surface area contributed by atoms with Crippen molar-refractivity contribution in [3.05, 3.63) is 0 Å². The first kappa shape index (κ1) is 11.0.